The van der Waals surface area contributed by atoms with Gasteiger partial charge >= 0.3 is 0 Å². The Kier molecular flexibility index (Phi) is 3.68. The quantitative estimate of drug-likeness (QED) is 0.784. The molecule has 2 N–H and O–H groups in total. The Balaban J connectivity index is 3.30. The van der Waals surface area contributed by atoms with Crippen LogP contribution < -0.4 is 4.72 Å². The van der Waals surface area contributed by atoms with Gasteiger partial charge in [-0.1, -0.05) is 6.92 Å². The van der Waals surface area contributed by atoms with Crippen molar-refractivity contribution < 1.29 is 21.9 Å². The third-order valence-corrected chi connectivity index (χ3v) is 4.33. The molecule has 8 heteroatoms. The van der Waals surface area contributed by atoms with E-state index >= 15 is 0 Å². The van der Waals surface area contributed by atoms with Gasteiger partial charge < -0.3 is 5.11 Å². The normalized spacial score (nSPS) is 12.4. The molecule has 0 aliphatic rings. The van der Waals surface area contributed by atoms with Crippen LogP contribution in [0.25, 0.3) is 0 Å². The summed E-state index contributed by atoms with van der Waals surface area (Å²) < 4.78 is 47.2. The van der Waals surface area contributed by atoms with Crippen molar-refractivity contribution in [1.29, 1.82) is 0 Å². The van der Waals surface area contributed by atoms with Gasteiger partial charge in [-0.05, 0) is 18.2 Å². The van der Waals surface area contributed by atoms with E-state index in [1.54, 1.807) is 0 Å². The summed E-state index contributed by atoms with van der Waals surface area (Å²) in [6.45, 7) is 1.48. The first kappa shape index (κ1) is 13.8. The van der Waals surface area contributed by atoms with Crippen molar-refractivity contribution in [3.8, 4) is 5.75 Å². The molecular formula is C9H13NO5S2. The number of aromatic hydroxyl groups is 1. The highest BCUT2D eigenvalue weighted by Gasteiger charge is 2.15. The summed E-state index contributed by atoms with van der Waals surface area (Å²) in [5.74, 6) is -0.429. The van der Waals surface area contributed by atoms with Crippen LogP contribution in [0.3, 0.4) is 0 Å². The second-order valence-electron chi connectivity index (χ2n) is 3.46. The van der Waals surface area contributed by atoms with Gasteiger partial charge in [-0.2, -0.15) is 0 Å². The molecule has 0 amide bonds. The number of hydrogen-bond acceptors (Lipinski definition) is 5. The maximum atomic E-state index is 11.6. The minimum atomic E-state index is -3.57. The highest BCUT2D eigenvalue weighted by molar-refractivity contribution is 7.92. The maximum Gasteiger partial charge on any atom is 0.229 e. The highest BCUT2D eigenvalue weighted by Crippen LogP contribution is 2.27. The van der Waals surface area contributed by atoms with E-state index in [1.165, 1.54) is 13.0 Å². The number of rotatable bonds is 4. The van der Waals surface area contributed by atoms with E-state index in [4.69, 9.17) is 0 Å². The maximum absolute atomic E-state index is 11.6. The highest BCUT2D eigenvalue weighted by atomic mass is 32.2. The summed E-state index contributed by atoms with van der Waals surface area (Å²) in [7, 11) is -7.01. The predicted octanol–water partition coefficient (Wildman–Crippen LogP) is 0.557. The van der Waals surface area contributed by atoms with Crippen LogP contribution in [0, 0.1) is 0 Å². The molecule has 0 heterocycles. The van der Waals surface area contributed by atoms with Crippen molar-refractivity contribution in [3.63, 3.8) is 0 Å². The van der Waals surface area contributed by atoms with Gasteiger partial charge in [-0.25, -0.2) is 16.8 Å². The van der Waals surface area contributed by atoms with Gasteiger partial charge in [0, 0.05) is 0 Å². The van der Waals surface area contributed by atoms with Gasteiger partial charge in [-0.15, -0.1) is 0 Å². The van der Waals surface area contributed by atoms with E-state index < -0.39 is 19.9 Å². The molecule has 0 fully saturated rings. The molecule has 1 aromatic carbocycles. The molecule has 0 atom stereocenters. The first-order valence-corrected chi connectivity index (χ1v) is 8.23. The summed E-state index contributed by atoms with van der Waals surface area (Å²) >= 11 is 0. The molecule has 96 valence electrons. The number of phenols is 1. The van der Waals surface area contributed by atoms with E-state index in [0.29, 0.717) is 0 Å². The molecule has 0 bridgehead atoms. The molecule has 0 spiro atoms. The monoisotopic (exact) mass is 279 g/mol. The lowest BCUT2D eigenvalue weighted by molar-refractivity contribution is 0.477. The molecule has 17 heavy (non-hydrogen) atoms. The fraction of sp³-hybridized carbons (Fsp3) is 0.333. The van der Waals surface area contributed by atoms with E-state index in [1.807, 2.05) is 4.72 Å². The van der Waals surface area contributed by atoms with E-state index in [9.17, 15) is 21.9 Å². The van der Waals surface area contributed by atoms with Crippen molar-refractivity contribution >= 4 is 25.5 Å². The van der Waals surface area contributed by atoms with Crippen LogP contribution in [0.4, 0.5) is 5.69 Å². The van der Waals surface area contributed by atoms with Crippen LogP contribution in [0.1, 0.15) is 6.92 Å². The van der Waals surface area contributed by atoms with Crippen molar-refractivity contribution in [3.05, 3.63) is 18.2 Å². The molecule has 1 aromatic rings. The Labute approximate surface area is 100 Å². The molecule has 0 saturated heterocycles. The molecule has 0 radical (unpaired) electrons. The molecule has 0 aromatic heterocycles. The second kappa shape index (κ2) is 4.53. The largest absolute Gasteiger partial charge is 0.506 e. The first-order chi connectivity index (χ1) is 7.65. The Bertz CT molecular complexity index is 619. The Hall–Kier alpha value is -1.28. The zero-order valence-electron chi connectivity index (χ0n) is 9.34. The average Bonchev–Trinajstić information content (AvgIpc) is 2.19. The number of hydrogen-bond donors (Lipinski definition) is 2. The van der Waals surface area contributed by atoms with E-state index in [2.05, 4.69) is 0 Å². The SMILES string of the molecule is CCS(=O)(=O)c1ccc(O)c(NS(C)(=O)=O)c1. The van der Waals surface area contributed by atoms with Crippen LogP contribution in [0.15, 0.2) is 23.1 Å². The lowest BCUT2D eigenvalue weighted by Crippen LogP contribution is -2.11. The van der Waals surface area contributed by atoms with Crippen LogP contribution in [-0.4, -0.2) is 34.0 Å². The van der Waals surface area contributed by atoms with Gasteiger partial charge in [0.2, 0.25) is 10.0 Å². The second-order valence-corrected chi connectivity index (χ2v) is 7.48. The Morgan fingerprint density at radius 2 is 1.82 bits per heavy atom. The summed E-state index contributed by atoms with van der Waals surface area (Å²) in [5.41, 5.74) is -0.151. The van der Waals surface area contributed by atoms with Gasteiger partial charge in [-0.3, -0.25) is 4.72 Å². The minimum absolute atomic E-state index is 0.0380. The Morgan fingerprint density at radius 3 is 2.29 bits per heavy atom. The van der Waals surface area contributed by atoms with Crippen LogP contribution >= 0.6 is 0 Å². The van der Waals surface area contributed by atoms with Gasteiger partial charge in [0.05, 0.1) is 22.6 Å². The third kappa shape index (κ3) is 3.60. The molecule has 0 aliphatic carbocycles. The summed E-state index contributed by atoms with van der Waals surface area (Å²) in [5, 5.41) is 9.41. The fourth-order valence-electron chi connectivity index (χ4n) is 1.16. The number of sulfone groups is 1. The van der Waals surface area contributed by atoms with Gasteiger partial charge in [0.1, 0.15) is 5.75 Å². The molecular weight excluding hydrogens is 266 g/mol. The number of anilines is 1. The summed E-state index contributed by atoms with van der Waals surface area (Å²) in [6.07, 6.45) is 0.910. The lowest BCUT2D eigenvalue weighted by atomic mass is 10.3. The van der Waals surface area contributed by atoms with Crippen LogP contribution in [-0.2, 0) is 19.9 Å². The lowest BCUT2D eigenvalue weighted by Gasteiger charge is -2.08. The fourth-order valence-corrected chi connectivity index (χ4v) is 2.63. The number of sulfonamides is 1. The third-order valence-electron chi connectivity index (χ3n) is 2.00. The molecule has 6 nitrogen and oxygen atoms in total. The number of phenolic OH excluding ortho intramolecular Hbond substituents is 1. The minimum Gasteiger partial charge on any atom is -0.506 e. The van der Waals surface area contributed by atoms with Gasteiger partial charge in [0.15, 0.2) is 9.84 Å². The summed E-state index contributed by atoms with van der Waals surface area (Å²) in [4.78, 5) is -0.0380. The zero-order valence-corrected chi connectivity index (χ0v) is 11.0. The van der Waals surface area contributed by atoms with Crippen LogP contribution in [0.2, 0.25) is 0 Å². The summed E-state index contributed by atoms with van der Waals surface area (Å²) in [6, 6.07) is 3.45. The number of nitrogens with one attached hydrogen (secondary N) is 1. The van der Waals surface area contributed by atoms with Crippen LogP contribution in [0.5, 0.6) is 5.75 Å². The van der Waals surface area contributed by atoms with Crippen molar-refractivity contribution in [2.24, 2.45) is 0 Å². The smallest absolute Gasteiger partial charge is 0.229 e. The zero-order chi connectivity index (χ0) is 13.3. The standard InChI is InChI=1S/C9H13NO5S2/c1-3-17(14,15)7-4-5-9(11)8(6-7)10-16(2,12)13/h4-6,10-11H,3H2,1-2H3. The molecule has 0 unspecified atom stereocenters. The topological polar surface area (TPSA) is 101 Å². The van der Waals surface area contributed by atoms with E-state index in [0.717, 1.165) is 18.4 Å². The van der Waals surface area contributed by atoms with Crippen molar-refractivity contribution in [2.75, 3.05) is 16.7 Å². The predicted molar refractivity (Wildman–Crippen MR) is 64.3 cm³/mol. The Morgan fingerprint density at radius 1 is 1.24 bits per heavy atom. The molecule has 0 saturated carbocycles. The van der Waals surface area contributed by atoms with Gasteiger partial charge in [0.25, 0.3) is 0 Å². The molecule has 1 rings (SSSR count). The average molecular weight is 279 g/mol. The molecule has 0 aliphatic heterocycles. The number of benzene rings is 1. The van der Waals surface area contributed by atoms with Crippen molar-refractivity contribution in [1.82, 2.24) is 0 Å². The van der Waals surface area contributed by atoms with Crippen molar-refractivity contribution in [2.45, 2.75) is 11.8 Å². The first-order valence-electron chi connectivity index (χ1n) is 4.69. The van der Waals surface area contributed by atoms with E-state index in [-0.39, 0.29) is 22.1 Å².